The molecular weight excluding hydrogens is 230 g/mol. The molecule has 0 spiro atoms. The molecule has 16 heavy (non-hydrogen) atoms. The Morgan fingerprint density at radius 2 is 2.00 bits per heavy atom. The largest absolute Gasteiger partial charge is 0.468 e. The SMILES string of the molecule is COc1cc(=O)nc(-c2ccc(Cl)cc2)o1. The smallest absolute Gasteiger partial charge is 0.291 e. The van der Waals surface area contributed by atoms with Gasteiger partial charge in [-0.2, -0.15) is 4.98 Å². The highest BCUT2D eigenvalue weighted by molar-refractivity contribution is 6.30. The summed E-state index contributed by atoms with van der Waals surface area (Å²) in [4.78, 5) is 15.0. The Bertz CT molecular complexity index is 548. The maximum atomic E-state index is 11.2. The second-order valence-electron chi connectivity index (χ2n) is 3.03. The Morgan fingerprint density at radius 1 is 1.31 bits per heavy atom. The van der Waals surface area contributed by atoms with Crippen LogP contribution < -0.4 is 10.3 Å². The van der Waals surface area contributed by atoms with E-state index in [1.165, 1.54) is 13.2 Å². The lowest BCUT2D eigenvalue weighted by Crippen LogP contribution is -2.05. The van der Waals surface area contributed by atoms with Crippen LogP contribution in [0.25, 0.3) is 11.5 Å². The van der Waals surface area contributed by atoms with Gasteiger partial charge in [-0.1, -0.05) is 11.6 Å². The number of hydrogen-bond donors (Lipinski definition) is 0. The van der Waals surface area contributed by atoms with Crippen molar-refractivity contribution < 1.29 is 9.15 Å². The zero-order chi connectivity index (χ0) is 11.5. The number of hydrogen-bond acceptors (Lipinski definition) is 4. The van der Waals surface area contributed by atoms with E-state index < -0.39 is 5.56 Å². The van der Waals surface area contributed by atoms with Gasteiger partial charge in [0.2, 0.25) is 5.89 Å². The van der Waals surface area contributed by atoms with Gasteiger partial charge in [0.05, 0.1) is 13.2 Å². The van der Waals surface area contributed by atoms with Gasteiger partial charge in [-0.15, -0.1) is 0 Å². The number of methoxy groups -OCH3 is 1. The average Bonchev–Trinajstić information content (AvgIpc) is 2.29. The van der Waals surface area contributed by atoms with Gasteiger partial charge in [-0.3, -0.25) is 4.79 Å². The van der Waals surface area contributed by atoms with E-state index in [4.69, 9.17) is 20.8 Å². The van der Waals surface area contributed by atoms with Crippen LogP contribution in [-0.4, -0.2) is 12.1 Å². The van der Waals surface area contributed by atoms with Crippen LogP contribution in [-0.2, 0) is 0 Å². The summed E-state index contributed by atoms with van der Waals surface area (Å²) in [5.41, 5.74) is 0.258. The Kier molecular flexibility index (Phi) is 2.92. The summed E-state index contributed by atoms with van der Waals surface area (Å²) in [5.74, 6) is 0.339. The molecule has 0 radical (unpaired) electrons. The van der Waals surface area contributed by atoms with Crippen molar-refractivity contribution in [1.82, 2.24) is 4.98 Å². The third-order valence-electron chi connectivity index (χ3n) is 1.94. The molecule has 0 aliphatic heterocycles. The first kappa shape index (κ1) is 10.7. The molecule has 0 N–H and O–H groups in total. The van der Waals surface area contributed by atoms with Crippen molar-refractivity contribution in [3.05, 3.63) is 45.7 Å². The van der Waals surface area contributed by atoms with E-state index in [1.807, 2.05) is 0 Å². The van der Waals surface area contributed by atoms with Crippen LogP contribution in [0.1, 0.15) is 0 Å². The molecule has 5 heteroatoms. The summed E-state index contributed by atoms with van der Waals surface area (Å²) in [5, 5.41) is 0.606. The van der Waals surface area contributed by atoms with Crippen LogP contribution in [0.3, 0.4) is 0 Å². The Hall–Kier alpha value is -1.81. The van der Waals surface area contributed by atoms with E-state index in [1.54, 1.807) is 24.3 Å². The van der Waals surface area contributed by atoms with Gasteiger partial charge < -0.3 is 9.15 Å². The van der Waals surface area contributed by atoms with Crippen LogP contribution in [0, 0.1) is 0 Å². The summed E-state index contributed by atoms with van der Waals surface area (Å²) in [7, 11) is 1.42. The van der Waals surface area contributed by atoms with Crippen LogP contribution in [0.2, 0.25) is 5.02 Å². The van der Waals surface area contributed by atoms with Gasteiger partial charge >= 0.3 is 0 Å². The second kappa shape index (κ2) is 4.37. The number of ether oxygens (including phenoxy) is 1. The lowest BCUT2D eigenvalue weighted by molar-refractivity contribution is 0.296. The summed E-state index contributed by atoms with van der Waals surface area (Å²) >= 11 is 5.75. The molecule has 0 amide bonds. The molecule has 1 heterocycles. The monoisotopic (exact) mass is 237 g/mol. The Labute approximate surface area is 96.5 Å². The van der Waals surface area contributed by atoms with E-state index in [0.29, 0.717) is 10.6 Å². The van der Waals surface area contributed by atoms with Crippen LogP contribution in [0.5, 0.6) is 5.95 Å². The van der Waals surface area contributed by atoms with Crippen molar-refractivity contribution in [3.63, 3.8) is 0 Å². The minimum atomic E-state index is -0.409. The molecule has 0 atom stereocenters. The van der Waals surface area contributed by atoms with Crippen LogP contribution in [0.15, 0.2) is 39.5 Å². The fourth-order valence-corrected chi connectivity index (χ4v) is 1.32. The number of benzene rings is 1. The Morgan fingerprint density at radius 3 is 2.62 bits per heavy atom. The summed E-state index contributed by atoms with van der Waals surface area (Å²) in [6.45, 7) is 0. The van der Waals surface area contributed by atoms with Gasteiger partial charge in [-0.25, -0.2) is 0 Å². The zero-order valence-corrected chi connectivity index (χ0v) is 9.19. The van der Waals surface area contributed by atoms with Crippen molar-refractivity contribution in [2.45, 2.75) is 0 Å². The second-order valence-corrected chi connectivity index (χ2v) is 3.47. The van der Waals surface area contributed by atoms with Crippen molar-refractivity contribution in [2.24, 2.45) is 0 Å². The van der Waals surface area contributed by atoms with Crippen molar-refractivity contribution >= 4 is 11.6 Å². The molecule has 0 bridgehead atoms. The number of aromatic nitrogens is 1. The van der Waals surface area contributed by atoms with Crippen LogP contribution in [0.4, 0.5) is 0 Å². The summed E-state index contributed by atoms with van der Waals surface area (Å²) in [6.07, 6.45) is 0. The highest BCUT2D eigenvalue weighted by Crippen LogP contribution is 2.21. The fraction of sp³-hybridized carbons (Fsp3) is 0.0909. The van der Waals surface area contributed by atoms with Gasteiger partial charge in [-0.05, 0) is 24.3 Å². The first-order valence-electron chi connectivity index (χ1n) is 4.51. The van der Waals surface area contributed by atoms with Crippen LogP contribution >= 0.6 is 11.6 Å². The minimum absolute atomic E-state index is 0.130. The predicted octanol–water partition coefficient (Wildman–Crippen LogP) is 2.36. The van der Waals surface area contributed by atoms with E-state index in [9.17, 15) is 4.79 Å². The first-order chi connectivity index (χ1) is 7.69. The predicted molar refractivity (Wildman–Crippen MR) is 59.8 cm³/mol. The van der Waals surface area contributed by atoms with E-state index in [-0.39, 0.29) is 11.8 Å². The van der Waals surface area contributed by atoms with E-state index in [0.717, 1.165) is 0 Å². The number of halogens is 1. The maximum absolute atomic E-state index is 11.2. The van der Waals surface area contributed by atoms with Gasteiger partial charge in [0.1, 0.15) is 0 Å². The lowest BCUT2D eigenvalue weighted by atomic mass is 10.2. The molecule has 2 aromatic rings. The summed E-state index contributed by atoms with van der Waals surface area (Å²) < 4.78 is 10.1. The number of rotatable bonds is 2. The molecule has 0 unspecified atom stereocenters. The van der Waals surface area contributed by atoms with E-state index >= 15 is 0 Å². The minimum Gasteiger partial charge on any atom is -0.468 e. The highest BCUT2D eigenvalue weighted by Gasteiger charge is 2.06. The highest BCUT2D eigenvalue weighted by atomic mass is 35.5. The normalized spacial score (nSPS) is 10.1. The molecule has 2 rings (SSSR count). The molecule has 1 aromatic heterocycles. The zero-order valence-electron chi connectivity index (χ0n) is 8.44. The average molecular weight is 238 g/mol. The number of nitrogens with zero attached hydrogens (tertiary/aromatic N) is 1. The Balaban J connectivity index is 2.51. The topological polar surface area (TPSA) is 52.3 Å². The molecule has 0 aliphatic carbocycles. The molecule has 82 valence electrons. The van der Waals surface area contributed by atoms with Crippen molar-refractivity contribution in [2.75, 3.05) is 7.11 Å². The third kappa shape index (κ3) is 2.23. The van der Waals surface area contributed by atoms with Gasteiger partial charge in [0, 0.05) is 10.6 Å². The molecule has 0 saturated heterocycles. The molecule has 0 fully saturated rings. The molecule has 4 nitrogen and oxygen atoms in total. The van der Waals surface area contributed by atoms with Crippen molar-refractivity contribution in [1.29, 1.82) is 0 Å². The first-order valence-corrected chi connectivity index (χ1v) is 4.89. The lowest BCUT2D eigenvalue weighted by Gasteiger charge is -2.01. The van der Waals surface area contributed by atoms with Gasteiger partial charge in [0.15, 0.2) is 0 Å². The van der Waals surface area contributed by atoms with Gasteiger partial charge in [0.25, 0.3) is 11.5 Å². The summed E-state index contributed by atoms with van der Waals surface area (Å²) in [6, 6.07) is 8.00. The van der Waals surface area contributed by atoms with E-state index in [2.05, 4.69) is 4.98 Å². The maximum Gasteiger partial charge on any atom is 0.291 e. The quantitative estimate of drug-likeness (QED) is 0.805. The fourth-order valence-electron chi connectivity index (χ4n) is 1.20. The molecule has 1 aromatic carbocycles. The molecule has 0 saturated carbocycles. The molecular formula is C11H8ClNO3. The molecule has 0 aliphatic rings. The van der Waals surface area contributed by atoms with Crippen molar-refractivity contribution in [3.8, 4) is 17.4 Å². The standard InChI is InChI=1S/C11H8ClNO3/c1-15-10-6-9(14)13-11(16-10)7-2-4-8(12)5-3-7/h2-6H,1H3. The third-order valence-corrected chi connectivity index (χ3v) is 2.19.